The molecule has 0 radical (unpaired) electrons. The fourth-order valence-electron chi connectivity index (χ4n) is 2.93. The van der Waals surface area contributed by atoms with Crippen LogP contribution in [0, 0.1) is 5.92 Å². The predicted molar refractivity (Wildman–Crippen MR) is 78.3 cm³/mol. The molecule has 0 heterocycles. The molecule has 1 amide bonds. The number of carbonyl (C=O) groups is 2. The molecule has 116 valence electrons. The van der Waals surface area contributed by atoms with Gasteiger partial charge in [0.1, 0.15) is 0 Å². The third-order valence-electron chi connectivity index (χ3n) is 4.33. The second-order valence-electron chi connectivity index (χ2n) is 6.09. The van der Waals surface area contributed by atoms with Crippen LogP contribution in [0.25, 0.3) is 0 Å². The molecule has 1 saturated carbocycles. The van der Waals surface area contributed by atoms with Gasteiger partial charge in [0, 0.05) is 24.9 Å². The first-order valence-electron chi connectivity index (χ1n) is 7.72. The molecular formula is C15H28N2O3. The Labute approximate surface area is 121 Å². The molecule has 1 fully saturated rings. The van der Waals surface area contributed by atoms with E-state index >= 15 is 0 Å². The molecule has 0 aromatic carbocycles. The Kier molecular flexibility index (Phi) is 6.99. The molecule has 1 unspecified atom stereocenters. The highest BCUT2D eigenvalue weighted by atomic mass is 16.4. The summed E-state index contributed by atoms with van der Waals surface area (Å²) in [7, 11) is 0. The fraction of sp³-hybridized carbons (Fsp3) is 0.867. The third-order valence-corrected chi connectivity index (χ3v) is 4.33. The Morgan fingerprint density at radius 1 is 1.30 bits per heavy atom. The van der Waals surface area contributed by atoms with E-state index < -0.39 is 5.97 Å². The van der Waals surface area contributed by atoms with Crippen LogP contribution in [0.15, 0.2) is 0 Å². The number of nitrogens with two attached hydrogens (primary N) is 1. The van der Waals surface area contributed by atoms with E-state index in [0.29, 0.717) is 25.3 Å². The second-order valence-corrected chi connectivity index (χ2v) is 6.09. The first-order valence-corrected chi connectivity index (χ1v) is 7.72. The summed E-state index contributed by atoms with van der Waals surface area (Å²) < 4.78 is 0. The van der Waals surface area contributed by atoms with Gasteiger partial charge in [0.2, 0.25) is 5.91 Å². The van der Waals surface area contributed by atoms with E-state index in [1.807, 2.05) is 0 Å². The first kappa shape index (κ1) is 17.0. The summed E-state index contributed by atoms with van der Waals surface area (Å²) in [4.78, 5) is 22.4. The summed E-state index contributed by atoms with van der Waals surface area (Å²) >= 11 is 0. The molecule has 5 heteroatoms. The zero-order chi connectivity index (χ0) is 15.0. The van der Waals surface area contributed by atoms with Gasteiger partial charge in [-0.15, -0.1) is 0 Å². The summed E-state index contributed by atoms with van der Waals surface area (Å²) in [6, 6.07) is 0. The summed E-state index contributed by atoms with van der Waals surface area (Å²) in [6.45, 7) is 2.68. The van der Waals surface area contributed by atoms with Crippen LogP contribution < -0.4 is 11.1 Å². The smallest absolute Gasteiger partial charge is 0.303 e. The highest BCUT2D eigenvalue weighted by Crippen LogP contribution is 2.29. The average molecular weight is 284 g/mol. The molecule has 0 aliphatic heterocycles. The van der Waals surface area contributed by atoms with E-state index in [0.717, 1.165) is 38.5 Å². The van der Waals surface area contributed by atoms with Crippen LogP contribution in [0.1, 0.15) is 64.7 Å². The Hall–Kier alpha value is -1.10. The minimum absolute atomic E-state index is 0.0301. The number of carboxylic acids is 1. The zero-order valence-corrected chi connectivity index (χ0v) is 12.5. The van der Waals surface area contributed by atoms with Crippen molar-refractivity contribution in [3.63, 3.8) is 0 Å². The van der Waals surface area contributed by atoms with Gasteiger partial charge >= 0.3 is 5.97 Å². The quantitative estimate of drug-likeness (QED) is 0.604. The molecule has 0 spiro atoms. The standard InChI is InChI=1S/C15H28N2O3/c1-2-12(5-6-14(19)20)7-10-17-13(18)11-15(16)8-3-4-9-15/h12H,2-11,16H2,1H3,(H,17,18)(H,19,20). The van der Waals surface area contributed by atoms with Crippen LogP contribution in [-0.4, -0.2) is 29.1 Å². The van der Waals surface area contributed by atoms with Crippen LogP contribution in [-0.2, 0) is 9.59 Å². The van der Waals surface area contributed by atoms with Gasteiger partial charge in [-0.3, -0.25) is 9.59 Å². The molecule has 5 nitrogen and oxygen atoms in total. The molecule has 4 N–H and O–H groups in total. The number of carboxylic acid groups (broad SMARTS) is 1. The second kappa shape index (κ2) is 8.25. The number of nitrogens with one attached hydrogen (secondary N) is 1. The number of carbonyl (C=O) groups excluding carboxylic acids is 1. The van der Waals surface area contributed by atoms with Gasteiger partial charge in [-0.25, -0.2) is 0 Å². The lowest BCUT2D eigenvalue weighted by Gasteiger charge is -2.23. The minimum atomic E-state index is -0.751. The Balaban J connectivity index is 2.18. The van der Waals surface area contributed by atoms with Crippen molar-refractivity contribution in [2.45, 2.75) is 70.3 Å². The summed E-state index contributed by atoms with van der Waals surface area (Å²) in [5.41, 5.74) is 5.88. The van der Waals surface area contributed by atoms with Crippen LogP contribution in [0.2, 0.25) is 0 Å². The number of amides is 1. The van der Waals surface area contributed by atoms with Crippen molar-refractivity contribution >= 4 is 11.9 Å². The van der Waals surface area contributed by atoms with Crippen LogP contribution in [0.3, 0.4) is 0 Å². The van der Waals surface area contributed by atoms with Gasteiger partial charge in [0.25, 0.3) is 0 Å². The van der Waals surface area contributed by atoms with E-state index in [-0.39, 0.29) is 17.9 Å². The molecule has 0 aromatic rings. The van der Waals surface area contributed by atoms with Gasteiger partial charge in [-0.1, -0.05) is 26.2 Å². The van der Waals surface area contributed by atoms with Crippen molar-refractivity contribution < 1.29 is 14.7 Å². The maximum atomic E-state index is 11.9. The van der Waals surface area contributed by atoms with Crippen molar-refractivity contribution in [3.8, 4) is 0 Å². The highest BCUT2D eigenvalue weighted by molar-refractivity contribution is 5.77. The average Bonchev–Trinajstić information content (AvgIpc) is 2.79. The molecule has 1 aliphatic carbocycles. The Morgan fingerprint density at radius 3 is 2.50 bits per heavy atom. The third kappa shape index (κ3) is 6.37. The van der Waals surface area contributed by atoms with Gasteiger partial charge in [-0.2, -0.15) is 0 Å². The molecule has 0 saturated heterocycles. The highest BCUT2D eigenvalue weighted by Gasteiger charge is 2.31. The van der Waals surface area contributed by atoms with Crippen LogP contribution >= 0.6 is 0 Å². The maximum Gasteiger partial charge on any atom is 0.303 e. The largest absolute Gasteiger partial charge is 0.481 e. The Morgan fingerprint density at radius 2 is 1.95 bits per heavy atom. The first-order chi connectivity index (χ1) is 9.45. The normalized spacial score (nSPS) is 18.7. The van der Waals surface area contributed by atoms with E-state index in [2.05, 4.69) is 12.2 Å². The minimum Gasteiger partial charge on any atom is -0.481 e. The summed E-state index contributed by atoms with van der Waals surface area (Å²) in [5.74, 6) is -0.356. The van der Waals surface area contributed by atoms with Gasteiger partial charge < -0.3 is 16.2 Å². The van der Waals surface area contributed by atoms with E-state index in [9.17, 15) is 9.59 Å². The fourth-order valence-corrected chi connectivity index (χ4v) is 2.93. The molecule has 1 aliphatic rings. The SMILES string of the molecule is CCC(CCNC(=O)CC1(N)CCCC1)CCC(=O)O. The monoisotopic (exact) mass is 284 g/mol. The van der Waals surface area contributed by atoms with Crippen LogP contribution in [0.5, 0.6) is 0 Å². The molecule has 0 bridgehead atoms. The summed E-state index contributed by atoms with van der Waals surface area (Å²) in [6.07, 6.45) is 7.22. The maximum absolute atomic E-state index is 11.9. The van der Waals surface area contributed by atoms with Gasteiger partial charge in [0.05, 0.1) is 0 Å². The van der Waals surface area contributed by atoms with Crippen molar-refractivity contribution in [3.05, 3.63) is 0 Å². The molecule has 20 heavy (non-hydrogen) atoms. The topological polar surface area (TPSA) is 92.4 Å². The van der Waals surface area contributed by atoms with Gasteiger partial charge in [-0.05, 0) is 31.6 Å². The van der Waals surface area contributed by atoms with Crippen molar-refractivity contribution in [2.24, 2.45) is 11.7 Å². The van der Waals surface area contributed by atoms with E-state index in [1.54, 1.807) is 0 Å². The lowest BCUT2D eigenvalue weighted by molar-refractivity contribution is -0.137. The zero-order valence-electron chi connectivity index (χ0n) is 12.5. The summed E-state index contributed by atoms with van der Waals surface area (Å²) in [5, 5.41) is 11.6. The Bertz CT molecular complexity index is 325. The number of aliphatic carboxylic acids is 1. The lowest BCUT2D eigenvalue weighted by atomic mass is 9.94. The predicted octanol–water partition coefficient (Wildman–Crippen LogP) is 2.05. The number of hydrogen-bond acceptors (Lipinski definition) is 3. The van der Waals surface area contributed by atoms with Crippen molar-refractivity contribution in [1.29, 1.82) is 0 Å². The molecule has 1 atom stereocenters. The van der Waals surface area contributed by atoms with E-state index in [4.69, 9.17) is 10.8 Å². The number of rotatable bonds is 9. The molecule has 0 aromatic heterocycles. The molecular weight excluding hydrogens is 256 g/mol. The van der Waals surface area contributed by atoms with Crippen molar-refractivity contribution in [1.82, 2.24) is 5.32 Å². The van der Waals surface area contributed by atoms with Crippen LogP contribution in [0.4, 0.5) is 0 Å². The van der Waals surface area contributed by atoms with Crippen molar-refractivity contribution in [2.75, 3.05) is 6.54 Å². The van der Waals surface area contributed by atoms with Gasteiger partial charge in [0.15, 0.2) is 0 Å². The van der Waals surface area contributed by atoms with E-state index in [1.165, 1.54) is 0 Å². The number of hydrogen-bond donors (Lipinski definition) is 3. The molecule has 1 rings (SSSR count). The lowest BCUT2D eigenvalue weighted by Crippen LogP contribution is -2.42.